The van der Waals surface area contributed by atoms with E-state index in [0.717, 1.165) is 116 Å². The van der Waals surface area contributed by atoms with Gasteiger partial charge in [0, 0.05) is 25.7 Å². The van der Waals surface area contributed by atoms with Crippen LogP contribution in [0.15, 0.2) is 182 Å². The predicted octanol–water partition coefficient (Wildman–Crippen LogP) is 24.3. The second-order valence-corrected chi connectivity index (χ2v) is 29.5. The highest BCUT2D eigenvalue weighted by Crippen LogP contribution is 2.45. The van der Waals surface area contributed by atoms with Crippen molar-refractivity contribution in [1.29, 1.82) is 0 Å². The number of ether oxygens (including phenoxy) is 4. The molecule has 612 valence electrons. The number of phosphoric ester groups is 2. The lowest BCUT2D eigenvalue weighted by Gasteiger charge is -2.21. The van der Waals surface area contributed by atoms with Crippen LogP contribution in [0.4, 0.5) is 0 Å². The molecule has 0 saturated heterocycles. The minimum Gasteiger partial charge on any atom is -0.462 e. The van der Waals surface area contributed by atoms with Gasteiger partial charge in [-0.25, -0.2) is 9.13 Å². The molecule has 2 unspecified atom stereocenters. The highest BCUT2D eigenvalue weighted by Gasteiger charge is 2.30. The summed E-state index contributed by atoms with van der Waals surface area (Å²) < 4.78 is 68.4. The van der Waals surface area contributed by atoms with E-state index in [9.17, 15) is 43.2 Å². The molecule has 0 aliphatic carbocycles. The van der Waals surface area contributed by atoms with Gasteiger partial charge < -0.3 is 33.8 Å². The minimum absolute atomic E-state index is 0.0277. The molecule has 0 aliphatic heterocycles. The summed E-state index contributed by atoms with van der Waals surface area (Å²) in [5, 5.41) is 10.6. The molecule has 17 nitrogen and oxygen atoms in total. The molecular weight excluding hydrogens is 1400 g/mol. The van der Waals surface area contributed by atoms with Gasteiger partial charge in [0.05, 0.1) is 26.4 Å². The molecule has 0 amide bonds. The summed E-state index contributed by atoms with van der Waals surface area (Å²) in [5.41, 5.74) is 0. The molecule has 0 aromatic rings. The molecule has 3 N–H and O–H groups in total. The lowest BCUT2D eigenvalue weighted by molar-refractivity contribution is -0.161. The zero-order chi connectivity index (χ0) is 78.9. The van der Waals surface area contributed by atoms with Crippen molar-refractivity contribution in [3.8, 4) is 0 Å². The Morgan fingerprint density at radius 2 is 0.481 bits per heavy atom. The fourth-order valence-electron chi connectivity index (χ4n) is 10.1. The average molecular weight is 1550 g/mol. The first-order valence-electron chi connectivity index (χ1n) is 41.0. The SMILES string of the molecule is CCCCC/C=C\C/C=C\C/C=C\C/C=C\C/C=C\CCC(=O)OC[C@H](COP(=O)(O)OC[C@@H](O)COP(=O)(O)OC[C@@H](COC(=O)CCC/C=C\C/C=C\C/C=C\C/C=C\CCCCC)OC(=O)CC/C=C\C/C=C\C/C=C\C/C=C\C/C=C\CCCCC)OC(=O)CCCCCCC/C=C\CCCCCC. The first-order chi connectivity index (χ1) is 52.7. The second-order valence-electron chi connectivity index (χ2n) is 26.6. The zero-order valence-corrected chi connectivity index (χ0v) is 68.7. The van der Waals surface area contributed by atoms with Gasteiger partial charge in [-0.3, -0.25) is 37.3 Å². The van der Waals surface area contributed by atoms with Gasteiger partial charge in [0.2, 0.25) is 0 Å². The third-order valence-corrected chi connectivity index (χ3v) is 18.2. The van der Waals surface area contributed by atoms with Crippen molar-refractivity contribution < 1.29 is 80.2 Å². The van der Waals surface area contributed by atoms with Gasteiger partial charge in [-0.05, 0) is 167 Å². The predicted molar refractivity (Wildman–Crippen MR) is 445 cm³/mol. The summed E-state index contributed by atoms with van der Waals surface area (Å²) in [6.45, 7) is 4.51. The highest BCUT2D eigenvalue weighted by atomic mass is 31.2. The molecule has 0 heterocycles. The number of carbonyl (C=O) groups is 4. The number of carbonyl (C=O) groups excluding carboxylic acids is 4. The molecule has 0 aromatic carbocycles. The number of rotatable bonds is 75. The highest BCUT2D eigenvalue weighted by molar-refractivity contribution is 7.47. The van der Waals surface area contributed by atoms with E-state index in [4.69, 9.17) is 37.0 Å². The number of aliphatic hydroxyl groups is 1. The van der Waals surface area contributed by atoms with E-state index in [1.165, 1.54) is 83.5 Å². The van der Waals surface area contributed by atoms with Crippen LogP contribution in [-0.4, -0.2) is 96.7 Å². The van der Waals surface area contributed by atoms with Crippen LogP contribution in [-0.2, 0) is 65.4 Å². The number of unbranched alkanes of at least 4 members (excludes halogenated alkanes) is 19. The fraction of sp³-hybridized carbons (Fsp3) is 0.618. The summed E-state index contributed by atoms with van der Waals surface area (Å²) >= 11 is 0. The minimum atomic E-state index is -5.02. The van der Waals surface area contributed by atoms with Gasteiger partial charge >= 0.3 is 39.5 Å². The van der Waals surface area contributed by atoms with Crippen molar-refractivity contribution >= 4 is 39.5 Å². The van der Waals surface area contributed by atoms with Gasteiger partial charge in [0.25, 0.3) is 0 Å². The first-order valence-corrected chi connectivity index (χ1v) is 44.0. The van der Waals surface area contributed by atoms with Crippen molar-refractivity contribution in [2.24, 2.45) is 0 Å². The van der Waals surface area contributed by atoms with Gasteiger partial charge in [0.1, 0.15) is 19.3 Å². The smallest absolute Gasteiger partial charge is 0.462 e. The van der Waals surface area contributed by atoms with Crippen molar-refractivity contribution in [2.45, 2.75) is 316 Å². The maximum absolute atomic E-state index is 13.1. The fourth-order valence-corrected chi connectivity index (χ4v) is 11.6. The summed E-state index contributed by atoms with van der Waals surface area (Å²) in [6.07, 6.45) is 96.2. The molecule has 0 fully saturated rings. The summed E-state index contributed by atoms with van der Waals surface area (Å²) in [5.74, 6) is -2.46. The number of hydrogen-bond donors (Lipinski definition) is 3. The number of allylic oxidation sites excluding steroid dienone is 30. The Bertz CT molecular complexity index is 2760. The van der Waals surface area contributed by atoms with Gasteiger partial charge in [-0.1, -0.05) is 287 Å². The van der Waals surface area contributed by atoms with Crippen LogP contribution in [0, 0.1) is 0 Å². The quantitative estimate of drug-likeness (QED) is 0.0169. The van der Waals surface area contributed by atoms with Crippen molar-refractivity contribution in [2.75, 3.05) is 39.6 Å². The van der Waals surface area contributed by atoms with E-state index in [1.807, 2.05) is 48.6 Å². The number of phosphoric acid groups is 2. The Morgan fingerprint density at radius 1 is 0.259 bits per heavy atom. The van der Waals surface area contributed by atoms with E-state index in [-0.39, 0.29) is 25.7 Å². The van der Waals surface area contributed by atoms with Crippen molar-refractivity contribution in [3.63, 3.8) is 0 Å². The van der Waals surface area contributed by atoms with Crippen LogP contribution in [0.25, 0.3) is 0 Å². The third-order valence-electron chi connectivity index (χ3n) is 16.3. The van der Waals surface area contributed by atoms with Crippen LogP contribution < -0.4 is 0 Å². The molecule has 0 spiro atoms. The Labute approximate surface area is 654 Å². The van der Waals surface area contributed by atoms with E-state index < -0.39 is 97.5 Å². The standard InChI is InChI=1S/C89H144O17P2/c1-5-9-13-17-21-25-29-33-36-39-41-44-47-51-54-58-62-66-70-74-87(92)99-79-84(105-88(93)75-71-67-63-59-55-49-32-28-24-20-16-12-8-4)81-103-107(95,96)101-77-83(90)78-102-108(97,98)104-82-85(80-100-86(91)73-69-65-61-57-53-50-46-43-38-35-31-27-23-19-15-11-7-3)106-89(94)76-72-68-64-60-56-52-48-45-42-40-37-34-30-26-22-18-14-10-6-2/h21-23,25-28,32-38,41-42,44-46,50-52,54,56-57,61-62,64,66,68,83-85,90H,5-20,24,29-31,39-40,43,47-49,53,55,58-60,63,65,67,69-82H2,1-4H3,(H,95,96)(H,97,98)/b25-21-,26-22-,27-23-,32-28-,36-33-,37-34-,38-35-,44-41-,45-42-,50-46-,54-51-,56-52-,61-57-,66-62-,68-64-/t83-,84-,85-/m1/s1. The van der Waals surface area contributed by atoms with Crippen LogP contribution in [0.3, 0.4) is 0 Å². The molecule has 5 atom stereocenters. The molecule has 0 aromatic heterocycles. The summed E-state index contributed by atoms with van der Waals surface area (Å²) in [7, 11) is -10.0. The van der Waals surface area contributed by atoms with Gasteiger partial charge in [-0.2, -0.15) is 0 Å². The number of aliphatic hydroxyl groups excluding tert-OH is 1. The van der Waals surface area contributed by atoms with Crippen LogP contribution >= 0.6 is 15.6 Å². The lowest BCUT2D eigenvalue weighted by Crippen LogP contribution is -2.30. The van der Waals surface area contributed by atoms with Crippen molar-refractivity contribution in [1.82, 2.24) is 0 Å². The van der Waals surface area contributed by atoms with E-state index in [0.29, 0.717) is 44.9 Å². The first kappa shape index (κ1) is 102. The Balaban J connectivity index is 5.56. The van der Waals surface area contributed by atoms with Crippen LogP contribution in [0.5, 0.6) is 0 Å². The largest absolute Gasteiger partial charge is 0.472 e. The normalized spacial score (nSPS) is 14.8. The monoisotopic (exact) mass is 1550 g/mol. The number of esters is 4. The lowest BCUT2D eigenvalue weighted by atomic mass is 10.1. The molecule has 0 rings (SSSR count). The van der Waals surface area contributed by atoms with E-state index in [2.05, 4.69) is 161 Å². The van der Waals surface area contributed by atoms with Crippen LogP contribution in [0.1, 0.15) is 297 Å². The molecule has 0 bridgehead atoms. The number of hydrogen-bond acceptors (Lipinski definition) is 15. The Hall–Kier alpha value is -5.84. The molecule has 19 heteroatoms. The molecule has 108 heavy (non-hydrogen) atoms. The average Bonchev–Trinajstić information content (AvgIpc) is 0.913. The zero-order valence-electron chi connectivity index (χ0n) is 66.9. The van der Waals surface area contributed by atoms with Crippen LogP contribution in [0.2, 0.25) is 0 Å². The topological polar surface area (TPSA) is 237 Å². The van der Waals surface area contributed by atoms with E-state index >= 15 is 0 Å². The molecule has 0 saturated carbocycles. The molecule has 0 radical (unpaired) electrons. The molecular formula is C89H144O17P2. The maximum Gasteiger partial charge on any atom is 0.472 e. The summed E-state index contributed by atoms with van der Waals surface area (Å²) in [6, 6.07) is 0. The second kappa shape index (κ2) is 79.3. The third kappa shape index (κ3) is 78.3. The summed E-state index contributed by atoms with van der Waals surface area (Å²) in [4.78, 5) is 73.0. The Morgan fingerprint density at radius 3 is 0.824 bits per heavy atom. The Kier molecular flexibility index (Phi) is 75.0. The van der Waals surface area contributed by atoms with Gasteiger partial charge in [-0.15, -0.1) is 0 Å². The molecule has 0 aliphatic rings. The van der Waals surface area contributed by atoms with Gasteiger partial charge in [0.15, 0.2) is 12.2 Å². The maximum atomic E-state index is 13.1. The van der Waals surface area contributed by atoms with E-state index in [1.54, 1.807) is 0 Å². The van der Waals surface area contributed by atoms with Crippen molar-refractivity contribution in [3.05, 3.63) is 182 Å².